The van der Waals surface area contributed by atoms with Crippen molar-refractivity contribution in [3.63, 3.8) is 0 Å². The Bertz CT molecular complexity index is 2190. The number of likely N-dealkylation sites (tertiary alicyclic amines) is 1. The number of aromatic nitrogens is 5. The topological polar surface area (TPSA) is 171 Å². The third-order valence-corrected chi connectivity index (χ3v) is 9.52. The van der Waals surface area contributed by atoms with Crippen LogP contribution >= 0.6 is 0 Å². The Morgan fingerprint density at radius 2 is 1.55 bits per heavy atom. The highest BCUT2D eigenvalue weighted by atomic mass is 16.5. The summed E-state index contributed by atoms with van der Waals surface area (Å²) in [6.45, 7) is 4.44. The van der Waals surface area contributed by atoms with Crippen LogP contribution in [0.2, 0.25) is 0 Å². The number of carbonyl (C=O) groups is 3. The van der Waals surface area contributed by atoms with Crippen LogP contribution in [0.4, 0.5) is 4.79 Å². The maximum atomic E-state index is 13.5. The minimum Gasteiger partial charge on any atom is -0.453 e. The first-order chi connectivity index (χ1) is 25.8. The number of methoxy groups -OCH3 is 1. The molecule has 270 valence electrons. The standard InChI is InChI=1S/C40H40N8O5/c1-24(26-12-6-4-7-13-26)39(50)48-19-11-18-32(48)36-42-22-31(46-36)38-43-23-33(53-38)29-17-10-16-28(20-29)30-21-41-35(45-30)25(2)44-37(49)34(47-40(51)52-3)27-14-8-5-9-15-27/h4-10,12-17,20-25,32,34H,11,18-19H2,1-3H3,(H,41,45)(H,42,46)(H,44,49)(H,47,51)/t24?,25-,32-,34+/m0/s1. The van der Waals surface area contributed by atoms with Crippen LogP contribution in [0.5, 0.6) is 0 Å². The zero-order valence-corrected chi connectivity index (χ0v) is 29.6. The number of H-pyrrole nitrogens is 2. The molecule has 0 saturated carbocycles. The SMILES string of the molecule is COC(=O)N[C@@H](C(=O)N[C@@H](C)c1ncc(-c2cccc(-c3cnc(-c4cnc([C@@H]5CCCN5C(=O)C(C)c5ccccc5)[nH]4)o3)c2)[nH]1)c1ccccc1. The smallest absolute Gasteiger partial charge is 0.407 e. The molecule has 1 saturated heterocycles. The van der Waals surface area contributed by atoms with Crippen molar-refractivity contribution in [1.29, 1.82) is 0 Å². The van der Waals surface area contributed by atoms with E-state index in [-0.39, 0.29) is 17.9 Å². The fourth-order valence-corrected chi connectivity index (χ4v) is 6.63. The number of alkyl carbamates (subject to hydrolysis) is 1. The summed E-state index contributed by atoms with van der Waals surface area (Å²) >= 11 is 0. The number of nitrogens with zero attached hydrogens (tertiary/aromatic N) is 4. The molecule has 0 radical (unpaired) electrons. The molecule has 0 aliphatic carbocycles. The monoisotopic (exact) mass is 712 g/mol. The van der Waals surface area contributed by atoms with E-state index in [2.05, 4.69) is 35.6 Å². The number of benzene rings is 3. The molecule has 13 heteroatoms. The van der Waals surface area contributed by atoms with Gasteiger partial charge in [0.1, 0.15) is 23.4 Å². The van der Waals surface area contributed by atoms with Gasteiger partial charge in [-0.15, -0.1) is 0 Å². The van der Waals surface area contributed by atoms with Gasteiger partial charge in [0, 0.05) is 17.7 Å². The van der Waals surface area contributed by atoms with Crippen LogP contribution in [0.1, 0.15) is 73.5 Å². The molecule has 1 unspecified atom stereocenters. The molecule has 4 heterocycles. The molecule has 1 aliphatic heterocycles. The second-order valence-electron chi connectivity index (χ2n) is 13.0. The molecule has 3 aromatic heterocycles. The number of hydrogen-bond donors (Lipinski definition) is 4. The molecule has 7 rings (SSSR count). The highest BCUT2D eigenvalue weighted by Gasteiger charge is 2.35. The third kappa shape index (κ3) is 7.59. The fraction of sp³-hybridized carbons (Fsp3) is 0.250. The maximum Gasteiger partial charge on any atom is 0.407 e. The number of nitrogens with one attached hydrogen (secondary N) is 4. The molecule has 0 spiro atoms. The highest BCUT2D eigenvalue weighted by Crippen LogP contribution is 2.35. The number of rotatable bonds is 11. The van der Waals surface area contributed by atoms with Crippen LogP contribution in [0.25, 0.3) is 34.2 Å². The molecule has 6 aromatic rings. The zero-order valence-electron chi connectivity index (χ0n) is 29.6. The second-order valence-corrected chi connectivity index (χ2v) is 13.0. The Kier molecular flexibility index (Phi) is 10.1. The van der Waals surface area contributed by atoms with Crippen molar-refractivity contribution in [3.05, 3.63) is 126 Å². The molecule has 4 atom stereocenters. The van der Waals surface area contributed by atoms with Gasteiger partial charge in [-0.25, -0.2) is 19.7 Å². The van der Waals surface area contributed by atoms with Crippen LogP contribution in [0.15, 0.2) is 108 Å². The summed E-state index contributed by atoms with van der Waals surface area (Å²) in [6.07, 6.45) is 6.08. The van der Waals surface area contributed by atoms with Crippen molar-refractivity contribution in [2.45, 2.75) is 50.7 Å². The Morgan fingerprint density at radius 1 is 0.830 bits per heavy atom. The summed E-state index contributed by atoms with van der Waals surface area (Å²) in [7, 11) is 1.25. The predicted octanol–water partition coefficient (Wildman–Crippen LogP) is 6.86. The molecule has 3 aromatic carbocycles. The lowest BCUT2D eigenvalue weighted by atomic mass is 9.99. The number of aromatic amines is 2. The van der Waals surface area contributed by atoms with Gasteiger partial charge in [0.25, 0.3) is 0 Å². The van der Waals surface area contributed by atoms with E-state index in [0.29, 0.717) is 41.1 Å². The zero-order chi connectivity index (χ0) is 36.9. The highest BCUT2D eigenvalue weighted by molar-refractivity contribution is 5.87. The quantitative estimate of drug-likeness (QED) is 0.113. The summed E-state index contributed by atoms with van der Waals surface area (Å²) in [4.78, 5) is 61.1. The van der Waals surface area contributed by atoms with Gasteiger partial charge in [0.05, 0.1) is 49.4 Å². The van der Waals surface area contributed by atoms with E-state index in [0.717, 1.165) is 35.2 Å². The van der Waals surface area contributed by atoms with Crippen molar-refractivity contribution in [2.75, 3.05) is 13.7 Å². The summed E-state index contributed by atoms with van der Waals surface area (Å²) in [5, 5.41) is 5.53. The average Bonchev–Trinajstić information content (AvgIpc) is 4.04. The lowest BCUT2D eigenvalue weighted by Crippen LogP contribution is -2.41. The van der Waals surface area contributed by atoms with E-state index in [9.17, 15) is 14.4 Å². The summed E-state index contributed by atoms with van der Waals surface area (Å²) in [5.41, 5.74) is 4.64. The van der Waals surface area contributed by atoms with Crippen LogP contribution < -0.4 is 10.6 Å². The van der Waals surface area contributed by atoms with Crippen molar-refractivity contribution in [3.8, 4) is 34.2 Å². The van der Waals surface area contributed by atoms with E-state index in [1.165, 1.54) is 7.11 Å². The molecule has 4 N–H and O–H groups in total. The van der Waals surface area contributed by atoms with Gasteiger partial charge in [-0.2, -0.15) is 0 Å². The Hall–Kier alpha value is -6.50. The fourth-order valence-electron chi connectivity index (χ4n) is 6.63. The lowest BCUT2D eigenvalue weighted by molar-refractivity contribution is -0.133. The third-order valence-electron chi connectivity index (χ3n) is 9.52. The Morgan fingerprint density at radius 3 is 2.30 bits per heavy atom. The van der Waals surface area contributed by atoms with Gasteiger partial charge in [-0.05, 0) is 43.9 Å². The summed E-state index contributed by atoms with van der Waals surface area (Å²) in [6, 6.07) is 24.9. The molecule has 0 bridgehead atoms. The van der Waals surface area contributed by atoms with E-state index < -0.39 is 24.1 Å². The van der Waals surface area contributed by atoms with Crippen molar-refractivity contribution in [1.82, 2.24) is 40.5 Å². The molecule has 53 heavy (non-hydrogen) atoms. The molecule has 3 amide bonds. The van der Waals surface area contributed by atoms with Crippen molar-refractivity contribution < 1.29 is 23.5 Å². The Balaban J connectivity index is 1.02. The number of ether oxygens (including phenoxy) is 1. The normalized spacial score (nSPS) is 15.8. The molecule has 1 aliphatic rings. The van der Waals surface area contributed by atoms with Crippen LogP contribution in [-0.4, -0.2) is 61.4 Å². The number of amides is 3. The average molecular weight is 713 g/mol. The van der Waals surface area contributed by atoms with E-state index in [1.807, 2.05) is 72.5 Å². The van der Waals surface area contributed by atoms with Gasteiger partial charge >= 0.3 is 6.09 Å². The van der Waals surface area contributed by atoms with E-state index >= 15 is 0 Å². The van der Waals surface area contributed by atoms with Gasteiger partial charge in [0.2, 0.25) is 17.7 Å². The molecular formula is C40H40N8O5. The maximum absolute atomic E-state index is 13.5. The Labute approximate surface area is 306 Å². The molecule has 13 nitrogen and oxygen atoms in total. The summed E-state index contributed by atoms with van der Waals surface area (Å²) in [5.74, 6) is 1.64. The number of carbonyl (C=O) groups excluding carboxylic acids is 3. The van der Waals surface area contributed by atoms with Gasteiger partial charge in [0.15, 0.2) is 5.76 Å². The molecule has 1 fully saturated rings. The first kappa shape index (κ1) is 34.9. The van der Waals surface area contributed by atoms with Gasteiger partial charge in [-0.1, -0.05) is 78.9 Å². The predicted molar refractivity (Wildman–Crippen MR) is 197 cm³/mol. The number of hydrogen-bond acceptors (Lipinski definition) is 8. The minimum atomic E-state index is -0.951. The van der Waals surface area contributed by atoms with Crippen LogP contribution in [0, 0.1) is 0 Å². The first-order valence-electron chi connectivity index (χ1n) is 17.5. The summed E-state index contributed by atoms with van der Waals surface area (Å²) < 4.78 is 10.9. The largest absolute Gasteiger partial charge is 0.453 e. The van der Waals surface area contributed by atoms with E-state index in [1.54, 1.807) is 49.8 Å². The second kappa shape index (κ2) is 15.4. The van der Waals surface area contributed by atoms with Crippen LogP contribution in [-0.2, 0) is 14.3 Å². The first-order valence-corrected chi connectivity index (χ1v) is 17.5. The van der Waals surface area contributed by atoms with E-state index in [4.69, 9.17) is 9.15 Å². The van der Waals surface area contributed by atoms with Crippen molar-refractivity contribution >= 4 is 17.9 Å². The van der Waals surface area contributed by atoms with Crippen LogP contribution in [0.3, 0.4) is 0 Å². The lowest BCUT2D eigenvalue weighted by Gasteiger charge is -2.26. The number of imidazole rings is 2. The minimum absolute atomic E-state index is 0.0863. The van der Waals surface area contributed by atoms with Gasteiger partial charge in [-0.3, -0.25) is 9.59 Å². The molecular weight excluding hydrogens is 672 g/mol. The van der Waals surface area contributed by atoms with Gasteiger partial charge < -0.3 is 34.7 Å². The van der Waals surface area contributed by atoms with Crippen molar-refractivity contribution in [2.24, 2.45) is 0 Å². The number of oxazole rings is 1.